The van der Waals surface area contributed by atoms with E-state index in [9.17, 15) is 29.8 Å². The van der Waals surface area contributed by atoms with E-state index in [1.807, 2.05) is 0 Å². The summed E-state index contributed by atoms with van der Waals surface area (Å²) in [5.74, 6) is 3.80. The zero-order chi connectivity index (χ0) is 24.7. The number of nitrogens with two attached hydrogens (primary N) is 1. The number of halogens is 1. The first kappa shape index (κ1) is 27.0. The second-order valence-electron chi connectivity index (χ2n) is 6.88. The molecule has 3 aromatic rings. The number of nitro groups is 2. The number of imide groups is 1. The Morgan fingerprint density at radius 1 is 0.714 bits per heavy atom. The molecule has 0 fully saturated rings. The van der Waals surface area contributed by atoms with Gasteiger partial charge >= 0.3 is 0 Å². The minimum Gasteiger partial charge on any atom is -0.300 e. The van der Waals surface area contributed by atoms with Gasteiger partial charge in [0.05, 0.1) is 27.6 Å². The van der Waals surface area contributed by atoms with Crippen molar-refractivity contribution < 1.29 is 29.1 Å². The molecule has 0 bridgehead atoms. The summed E-state index contributed by atoms with van der Waals surface area (Å²) in [5, 5.41) is 21.5. The van der Waals surface area contributed by atoms with Crippen LogP contribution in [-0.2, 0) is 22.9 Å². The number of hydrogen-bond donors (Lipinski definition) is 1. The lowest BCUT2D eigenvalue weighted by Gasteiger charge is -2.13. The molecule has 0 aliphatic carbocycles. The molecule has 1 aliphatic heterocycles. The average molecular weight is 503 g/mol. The van der Waals surface area contributed by atoms with Gasteiger partial charge in [-0.1, -0.05) is 12.1 Å². The van der Waals surface area contributed by atoms with Gasteiger partial charge < -0.3 is 0 Å². The SMILES string of the molecule is Cl.NOCc1ccc([N+](=O)[O-])cc1.O=C1c2ccccc2C(=O)N1OCc1ccc([N+](=O)[O-])cc1. The van der Waals surface area contributed by atoms with Gasteiger partial charge in [0.2, 0.25) is 0 Å². The van der Waals surface area contributed by atoms with Crippen LogP contribution in [0.25, 0.3) is 0 Å². The minimum atomic E-state index is -0.512. The van der Waals surface area contributed by atoms with Crippen molar-refractivity contribution in [2.45, 2.75) is 13.2 Å². The van der Waals surface area contributed by atoms with Crippen molar-refractivity contribution in [3.8, 4) is 0 Å². The van der Waals surface area contributed by atoms with E-state index in [0.29, 0.717) is 21.8 Å². The number of nitrogens with zero attached hydrogens (tertiary/aromatic N) is 3. The van der Waals surface area contributed by atoms with E-state index in [2.05, 4.69) is 4.84 Å². The summed E-state index contributed by atoms with van der Waals surface area (Å²) >= 11 is 0. The van der Waals surface area contributed by atoms with Gasteiger partial charge in [-0.15, -0.1) is 17.5 Å². The van der Waals surface area contributed by atoms with Crippen LogP contribution < -0.4 is 5.90 Å². The smallest absolute Gasteiger partial charge is 0.285 e. The number of amides is 2. The third kappa shape index (κ3) is 6.65. The van der Waals surface area contributed by atoms with Crippen LogP contribution in [0.4, 0.5) is 11.4 Å². The Hall–Kier alpha value is -4.23. The first-order valence-corrected chi connectivity index (χ1v) is 9.71. The topological polar surface area (TPSA) is 168 Å². The van der Waals surface area contributed by atoms with Gasteiger partial charge in [-0.25, -0.2) is 5.90 Å². The van der Waals surface area contributed by atoms with Crippen molar-refractivity contribution in [1.29, 1.82) is 0 Å². The molecular formula is C22H19ClN4O8. The van der Waals surface area contributed by atoms with Gasteiger partial charge in [0.15, 0.2) is 0 Å². The molecule has 12 nitrogen and oxygen atoms in total. The van der Waals surface area contributed by atoms with Crippen molar-refractivity contribution in [1.82, 2.24) is 5.06 Å². The molecule has 13 heteroatoms. The monoisotopic (exact) mass is 502 g/mol. The van der Waals surface area contributed by atoms with Crippen LogP contribution in [0.1, 0.15) is 31.8 Å². The molecule has 182 valence electrons. The largest absolute Gasteiger partial charge is 0.300 e. The van der Waals surface area contributed by atoms with Crippen molar-refractivity contribution >= 4 is 35.6 Å². The fourth-order valence-electron chi connectivity index (χ4n) is 2.95. The number of hydrogen-bond acceptors (Lipinski definition) is 9. The van der Waals surface area contributed by atoms with Crippen LogP contribution in [0.3, 0.4) is 0 Å². The van der Waals surface area contributed by atoms with E-state index in [4.69, 9.17) is 10.7 Å². The molecule has 4 rings (SSSR count). The molecule has 3 aromatic carbocycles. The molecule has 2 N–H and O–H groups in total. The number of non-ortho nitro benzene ring substituents is 2. The van der Waals surface area contributed by atoms with Crippen molar-refractivity contribution in [2.24, 2.45) is 5.90 Å². The minimum absolute atomic E-state index is 0. The highest BCUT2D eigenvalue weighted by molar-refractivity contribution is 6.20. The van der Waals surface area contributed by atoms with E-state index in [1.54, 1.807) is 36.4 Å². The van der Waals surface area contributed by atoms with Crippen LogP contribution in [0.2, 0.25) is 0 Å². The second kappa shape index (κ2) is 12.3. The number of nitro benzene ring substituents is 2. The Balaban J connectivity index is 0.000000284. The molecule has 0 unspecified atom stereocenters. The molecule has 0 saturated heterocycles. The van der Waals surface area contributed by atoms with Gasteiger partial charge in [-0.2, -0.15) is 0 Å². The molecule has 1 heterocycles. The average Bonchev–Trinajstić information content (AvgIpc) is 3.08. The zero-order valence-corrected chi connectivity index (χ0v) is 18.8. The van der Waals surface area contributed by atoms with E-state index in [1.165, 1.54) is 36.4 Å². The third-order valence-electron chi connectivity index (χ3n) is 4.66. The van der Waals surface area contributed by atoms with Crippen molar-refractivity contribution in [3.63, 3.8) is 0 Å². The number of carbonyl (C=O) groups excluding carboxylic acids is 2. The van der Waals surface area contributed by atoms with E-state index in [-0.39, 0.29) is 37.0 Å². The third-order valence-corrected chi connectivity index (χ3v) is 4.66. The quantitative estimate of drug-likeness (QED) is 0.287. The van der Waals surface area contributed by atoms with Crippen LogP contribution in [0, 0.1) is 20.2 Å². The molecule has 0 radical (unpaired) electrons. The zero-order valence-electron chi connectivity index (χ0n) is 17.9. The lowest BCUT2D eigenvalue weighted by atomic mass is 10.1. The van der Waals surface area contributed by atoms with E-state index < -0.39 is 21.7 Å². The normalized spacial score (nSPS) is 11.7. The second-order valence-corrected chi connectivity index (χ2v) is 6.88. The first-order chi connectivity index (χ1) is 16.3. The summed E-state index contributed by atoms with van der Waals surface area (Å²) in [6.07, 6.45) is 0. The molecule has 0 atom stereocenters. The van der Waals surface area contributed by atoms with Crippen molar-refractivity contribution in [2.75, 3.05) is 0 Å². The number of carbonyl (C=O) groups is 2. The predicted octanol–water partition coefficient (Wildman–Crippen LogP) is 3.73. The lowest BCUT2D eigenvalue weighted by molar-refractivity contribution is -0.385. The number of fused-ring (bicyclic) bond motifs is 1. The number of hydroxylamine groups is 2. The maximum absolute atomic E-state index is 12.1. The van der Waals surface area contributed by atoms with E-state index in [0.717, 1.165) is 5.56 Å². The Labute approximate surface area is 204 Å². The first-order valence-electron chi connectivity index (χ1n) is 9.71. The van der Waals surface area contributed by atoms with Gasteiger partial charge in [0, 0.05) is 24.3 Å². The molecular weight excluding hydrogens is 484 g/mol. The summed E-state index contributed by atoms with van der Waals surface area (Å²) in [6.45, 7) is 0.224. The summed E-state index contributed by atoms with van der Waals surface area (Å²) in [4.78, 5) is 53.6. The number of rotatable bonds is 7. The highest BCUT2D eigenvalue weighted by atomic mass is 35.5. The van der Waals surface area contributed by atoms with Crippen LogP contribution in [-0.4, -0.2) is 26.7 Å². The molecule has 35 heavy (non-hydrogen) atoms. The molecule has 0 saturated carbocycles. The van der Waals surface area contributed by atoms with Gasteiger partial charge in [0.1, 0.15) is 6.61 Å². The van der Waals surface area contributed by atoms with Crippen LogP contribution >= 0.6 is 12.4 Å². The van der Waals surface area contributed by atoms with Gasteiger partial charge in [-0.05, 0) is 47.5 Å². The highest BCUT2D eigenvalue weighted by Crippen LogP contribution is 2.23. The van der Waals surface area contributed by atoms with Gasteiger partial charge in [-0.3, -0.25) is 39.5 Å². The molecule has 0 spiro atoms. The Morgan fingerprint density at radius 2 is 1.11 bits per heavy atom. The fourth-order valence-corrected chi connectivity index (χ4v) is 2.95. The maximum Gasteiger partial charge on any atom is 0.285 e. The van der Waals surface area contributed by atoms with E-state index >= 15 is 0 Å². The number of benzene rings is 3. The Bertz CT molecular complexity index is 1180. The summed E-state index contributed by atoms with van der Waals surface area (Å²) in [6, 6.07) is 18.2. The molecule has 1 aliphatic rings. The standard InChI is InChI=1S/C15H10N2O5.C7H8N2O3.ClH/c18-14-12-3-1-2-4-13(12)15(19)16(14)22-9-10-5-7-11(8-6-10)17(20)21;8-12-5-6-1-3-7(4-2-6)9(10)11;/h1-8H,9H2;1-4H,5,8H2;1H. The molecule has 0 aromatic heterocycles. The summed E-state index contributed by atoms with van der Waals surface area (Å²) in [5.41, 5.74) is 2.05. The fraction of sp³-hybridized carbons (Fsp3) is 0.0909. The summed E-state index contributed by atoms with van der Waals surface area (Å²) in [7, 11) is 0. The van der Waals surface area contributed by atoms with Crippen LogP contribution in [0.15, 0.2) is 72.8 Å². The lowest BCUT2D eigenvalue weighted by Crippen LogP contribution is -2.29. The van der Waals surface area contributed by atoms with Crippen LogP contribution in [0.5, 0.6) is 0 Å². The maximum atomic E-state index is 12.1. The predicted molar refractivity (Wildman–Crippen MR) is 124 cm³/mol. The molecule has 2 amide bonds. The Kier molecular flexibility index (Phi) is 9.49. The highest BCUT2D eigenvalue weighted by Gasteiger charge is 2.36. The van der Waals surface area contributed by atoms with Gasteiger partial charge in [0.25, 0.3) is 23.2 Å². The Morgan fingerprint density at radius 3 is 1.49 bits per heavy atom. The summed E-state index contributed by atoms with van der Waals surface area (Å²) < 4.78 is 0. The van der Waals surface area contributed by atoms with Crippen molar-refractivity contribution in [3.05, 3.63) is 115 Å².